The van der Waals surface area contributed by atoms with Crippen LogP contribution < -0.4 is 16.0 Å². The summed E-state index contributed by atoms with van der Waals surface area (Å²) in [4.78, 5) is 24.3. The number of amides is 3. The minimum Gasteiger partial charge on any atom is -0.348 e. The van der Waals surface area contributed by atoms with Crippen LogP contribution in [0.4, 0.5) is 10.5 Å². The van der Waals surface area contributed by atoms with Crippen LogP contribution in [0.5, 0.6) is 0 Å². The van der Waals surface area contributed by atoms with Crippen LogP contribution in [0.3, 0.4) is 0 Å². The molecule has 174 valence electrons. The molecule has 3 amide bonds. The second-order valence-corrected chi connectivity index (χ2v) is 9.68. The minimum atomic E-state index is -3.80. The van der Waals surface area contributed by atoms with Gasteiger partial charge in [-0.1, -0.05) is 37.6 Å². The van der Waals surface area contributed by atoms with Crippen molar-refractivity contribution in [3.8, 4) is 0 Å². The highest BCUT2D eigenvalue weighted by Crippen LogP contribution is 2.26. The number of carbonyl (C=O) groups is 2. The third-order valence-electron chi connectivity index (χ3n) is 4.60. The molecule has 3 N–H and O–H groups in total. The number of carbonyl (C=O) groups excluding carboxylic acids is 2. The number of hydrogen-bond donors (Lipinski definition) is 3. The maximum atomic E-state index is 12.8. The van der Waals surface area contributed by atoms with E-state index in [4.69, 9.17) is 11.6 Å². The number of rotatable bonds is 9. The summed E-state index contributed by atoms with van der Waals surface area (Å²) in [5.74, 6) is -0.420. The molecule has 8 nitrogen and oxygen atoms in total. The Hall–Kier alpha value is -2.62. The number of nitrogens with one attached hydrogen (secondary N) is 3. The first-order valence-corrected chi connectivity index (χ1v) is 12.1. The maximum absolute atomic E-state index is 12.8. The minimum absolute atomic E-state index is 0.0277. The second kappa shape index (κ2) is 11.3. The van der Waals surface area contributed by atoms with E-state index in [1.165, 1.54) is 22.5 Å². The van der Waals surface area contributed by atoms with E-state index in [1.807, 2.05) is 13.8 Å². The van der Waals surface area contributed by atoms with Crippen LogP contribution in [0, 0.1) is 0 Å². The molecule has 0 saturated carbocycles. The third kappa shape index (κ3) is 6.69. The molecule has 0 aliphatic heterocycles. The second-order valence-electron chi connectivity index (χ2n) is 7.37. The molecule has 10 heteroatoms. The number of anilines is 1. The van der Waals surface area contributed by atoms with Gasteiger partial charge in [-0.25, -0.2) is 13.2 Å². The van der Waals surface area contributed by atoms with Crippen molar-refractivity contribution in [1.82, 2.24) is 14.9 Å². The predicted molar refractivity (Wildman–Crippen MR) is 126 cm³/mol. The van der Waals surface area contributed by atoms with Gasteiger partial charge in [-0.2, -0.15) is 4.31 Å². The number of halogens is 1. The molecule has 0 aromatic heterocycles. The average molecular weight is 481 g/mol. The highest BCUT2D eigenvalue weighted by atomic mass is 35.5. The Bertz CT molecular complexity index is 1050. The Morgan fingerprint density at radius 2 is 1.66 bits per heavy atom. The van der Waals surface area contributed by atoms with Crippen LogP contribution in [0.25, 0.3) is 0 Å². The topological polar surface area (TPSA) is 108 Å². The van der Waals surface area contributed by atoms with Gasteiger partial charge in [-0.3, -0.25) is 4.79 Å². The number of benzene rings is 2. The lowest BCUT2D eigenvalue weighted by atomic mass is 10.2. The summed E-state index contributed by atoms with van der Waals surface area (Å²) in [6.07, 6.45) is 0. The molecule has 0 spiro atoms. The summed E-state index contributed by atoms with van der Waals surface area (Å²) in [5.41, 5.74) is 1.64. The van der Waals surface area contributed by atoms with Crippen LogP contribution in [-0.2, 0) is 16.6 Å². The Balaban J connectivity index is 2.07. The summed E-state index contributed by atoms with van der Waals surface area (Å²) in [6, 6.07) is 11.0. The van der Waals surface area contributed by atoms with Crippen molar-refractivity contribution < 1.29 is 18.0 Å². The monoisotopic (exact) mass is 480 g/mol. The summed E-state index contributed by atoms with van der Waals surface area (Å²) in [5, 5.41) is 8.29. The molecule has 0 saturated heterocycles. The van der Waals surface area contributed by atoms with E-state index in [2.05, 4.69) is 16.0 Å². The van der Waals surface area contributed by atoms with Crippen molar-refractivity contribution in [2.24, 2.45) is 0 Å². The van der Waals surface area contributed by atoms with Gasteiger partial charge in [0.05, 0.1) is 5.02 Å². The molecular formula is C22H29ClN4O4S. The van der Waals surface area contributed by atoms with Crippen LogP contribution in [-0.4, -0.2) is 43.8 Å². The zero-order valence-corrected chi connectivity index (χ0v) is 20.2. The van der Waals surface area contributed by atoms with Crippen molar-refractivity contribution in [2.45, 2.75) is 45.2 Å². The van der Waals surface area contributed by atoms with E-state index < -0.39 is 15.9 Å². The molecule has 0 unspecified atom stereocenters. The average Bonchev–Trinajstić information content (AvgIpc) is 2.73. The summed E-state index contributed by atoms with van der Waals surface area (Å²) in [7, 11) is -3.80. The third-order valence-corrected chi connectivity index (χ3v) is 7.13. The van der Waals surface area contributed by atoms with E-state index in [1.54, 1.807) is 38.1 Å². The van der Waals surface area contributed by atoms with Gasteiger partial charge in [0.15, 0.2) is 0 Å². The fourth-order valence-corrected chi connectivity index (χ4v) is 4.92. The highest BCUT2D eigenvalue weighted by molar-refractivity contribution is 7.89. The molecule has 2 aromatic carbocycles. The number of sulfonamides is 1. The summed E-state index contributed by atoms with van der Waals surface area (Å²) >= 11 is 6.12. The van der Waals surface area contributed by atoms with E-state index in [0.29, 0.717) is 18.8 Å². The first-order valence-electron chi connectivity index (χ1n) is 10.3. The van der Waals surface area contributed by atoms with Gasteiger partial charge in [0.2, 0.25) is 10.0 Å². The quantitative estimate of drug-likeness (QED) is 0.506. The molecule has 2 aromatic rings. The van der Waals surface area contributed by atoms with E-state index >= 15 is 0 Å². The fraction of sp³-hybridized carbons (Fsp3) is 0.364. The van der Waals surface area contributed by atoms with Gasteiger partial charge in [0.1, 0.15) is 4.90 Å². The standard InChI is InChI=1S/C22H29ClN4O4S/c1-5-27(6-2)32(30,31)20-13-17(9-12-19(20)23)21(28)24-14-16-7-10-18(11-8-16)26-22(29)25-15(3)4/h7-13,15H,5-6,14H2,1-4H3,(H,24,28)(H2,25,26,29). The lowest BCUT2D eigenvalue weighted by Crippen LogP contribution is -2.34. The lowest BCUT2D eigenvalue weighted by molar-refractivity contribution is 0.0950. The first kappa shape index (κ1) is 25.6. The number of hydrogen-bond acceptors (Lipinski definition) is 4. The molecule has 2 rings (SSSR count). The van der Waals surface area contributed by atoms with Crippen LogP contribution in [0.1, 0.15) is 43.6 Å². The predicted octanol–water partition coefficient (Wildman–Crippen LogP) is 3.83. The van der Waals surface area contributed by atoms with Crippen molar-refractivity contribution in [1.29, 1.82) is 0 Å². The fourth-order valence-electron chi connectivity index (χ4n) is 2.96. The van der Waals surface area contributed by atoms with Gasteiger partial charge in [-0.05, 0) is 49.7 Å². The van der Waals surface area contributed by atoms with Gasteiger partial charge in [-0.15, -0.1) is 0 Å². The Kier molecular flexibility index (Phi) is 9.06. The SMILES string of the molecule is CCN(CC)S(=O)(=O)c1cc(C(=O)NCc2ccc(NC(=O)NC(C)C)cc2)ccc1Cl. The number of urea groups is 1. The zero-order chi connectivity index (χ0) is 23.9. The van der Waals surface area contributed by atoms with Crippen LogP contribution in [0.2, 0.25) is 5.02 Å². The highest BCUT2D eigenvalue weighted by Gasteiger charge is 2.25. The Morgan fingerprint density at radius 3 is 2.22 bits per heavy atom. The van der Waals surface area contributed by atoms with Gasteiger partial charge < -0.3 is 16.0 Å². The lowest BCUT2D eigenvalue weighted by Gasteiger charge is -2.19. The van der Waals surface area contributed by atoms with Crippen LogP contribution in [0.15, 0.2) is 47.4 Å². The van der Waals surface area contributed by atoms with Gasteiger partial charge >= 0.3 is 6.03 Å². The molecule has 32 heavy (non-hydrogen) atoms. The normalized spacial score (nSPS) is 11.5. The number of nitrogens with zero attached hydrogens (tertiary/aromatic N) is 1. The summed E-state index contributed by atoms with van der Waals surface area (Å²) < 4.78 is 26.9. The molecule has 0 heterocycles. The molecule has 0 aliphatic rings. The van der Waals surface area contributed by atoms with Gasteiger partial charge in [0.25, 0.3) is 5.91 Å². The van der Waals surface area contributed by atoms with E-state index in [0.717, 1.165) is 5.56 Å². The van der Waals surface area contributed by atoms with Crippen molar-refractivity contribution in [2.75, 3.05) is 18.4 Å². The maximum Gasteiger partial charge on any atom is 0.319 e. The van der Waals surface area contributed by atoms with Gasteiger partial charge in [0, 0.05) is 36.9 Å². The van der Waals surface area contributed by atoms with Crippen molar-refractivity contribution in [3.05, 3.63) is 58.6 Å². The van der Waals surface area contributed by atoms with Crippen LogP contribution >= 0.6 is 11.6 Å². The molecule has 0 bridgehead atoms. The first-order chi connectivity index (χ1) is 15.1. The Morgan fingerprint density at radius 1 is 1.03 bits per heavy atom. The van der Waals surface area contributed by atoms with E-state index in [9.17, 15) is 18.0 Å². The largest absolute Gasteiger partial charge is 0.348 e. The smallest absolute Gasteiger partial charge is 0.319 e. The zero-order valence-electron chi connectivity index (χ0n) is 18.6. The molecular weight excluding hydrogens is 452 g/mol. The van der Waals surface area contributed by atoms with Crippen molar-refractivity contribution >= 4 is 39.2 Å². The molecule has 0 atom stereocenters. The molecule has 0 aliphatic carbocycles. The van der Waals surface area contributed by atoms with Crippen molar-refractivity contribution in [3.63, 3.8) is 0 Å². The summed E-state index contributed by atoms with van der Waals surface area (Å²) in [6.45, 7) is 8.05. The molecule has 0 fully saturated rings. The Labute approximate surface area is 194 Å². The molecule has 0 radical (unpaired) electrons. The van der Waals surface area contributed by atoms with E-state index in [-0.39, 0.29) is 34.1 Å².